The van der Waals surface area contributed by atoms with Gasteiger partial charge in [-0.1, -0.05) is 0 Å². The molecule has 1 aromatic heterocycles. The molecule has 0 fully saturated rings. The second kappa shape index (κ2) is 6.07. The first-order chi connectivity index (χ1) is 7.29. The van der Waals surface area contributed by atoms with Crippen LogP contribution in [0.4, 0.5) is 0 Å². The maximum absolute atomic E-state index is 3.41. The van der Waals surface area contributed by atoms with E-state index in [0.717, 1.165) is 0 Å². The van der Waals surface area contributed by atoms with Gasteiger partial charge in [0.05, 0.1) is 0 Å². The number of rotatable bonds is 5. The molecule has 0 aromatic carbocycles. The van der Waals surface area contributed by atoms with Gasteiger partial charge in [-0.25, -0.2) is 0 Å². The summed E-state index contributed by atoms with van der Waals surface area (Å²) in [5, 5.41) is 2.59. The minimum absolute atomic E-state index is 1.29. The van der Waals surface area contributed by atoms with Crippen LogP contribution in [0.5, 0.6) is 0 Å². The van der Waals surface area contributed by atoms with Crippen LogP contribution < -0.4 is 4.29 Å². The van der Waals surface area contributed by atoms with Crippen molar-refractivity contribution < 1.29 is 14.8 Å². The van der Waals surface area contributed by atoms with Crippen LogP contribution in [0.15, 0.2) is 41.2 Å². The molecule has 1 aromatic rings. The summed E-state index contributed by atoms with van der Waals surface area (Å²) in [5.41, 5.74) is 0. The van der Waals surface area contributed by atoms with E-state index in [2.05, 4.69) is 60.8 Å². The fourth-order valence-corrected chi connectivity index (χ4v) is 7.03. The average Bonchev–Trinajstić information content (AvgIpc) is 2.79. The van der Waals surface area contributed by atoms with Crippen molar-refractivity contribution in [2.45, 2.75) is 30.8 Å². The third kappa shape index (κ3) is 2.92. The summed E-state index contributed by atoms with van der Waals surface area (Å²) < 4.78 is 3.96. The molecule has 0 aliphatic rings. The van der Waals surface area contributed by atoms with Crippen molar-refractivity contribution in [3.05, 3.63) is 41.2 Å². The number of nitrogens with one attached hydrogen (secondary N) is 1. The van der Waals surface area contributed by atoms with Gasteiger partial charge in [-0.3, -0.25) is 0 Å². The molecular formula is C13H21NRu. The van der Waals surface area contributed by atoms with Crippen LogP contribution in [-0.2, 0) is 14.8 Å². The van der Waals surface area contributed by atoms with E-state index in [0.29, 0.717) is 0 Å². The fourth-order valence-electron chi connectivity index (χ4n) is 1.48. The molecular weight excluding hydrogens is 271 g/mol. The van der Waals surface area contributed by atoms with Gasteiger partial charge in [0.1, 0.15) is 0 Å². The first-order valence-corrected chi connectivity index (χ1v) is 9.70. The van der Waals surface area contributed by atoms with Crippen LogP contribution in [-0.4, -0.2) is 4.98 Å². The van der Waals surface area contributed by atoms with Crippen molar-refractivity contribution in [2.75, 3.05) is 0 Å². The van der Waals surface area contributed by atoms with Gasteiger partial charge in [0, 0.05) is 0 Å². The Morgan fingerprint density at radius 1 is 1.27 bits per heavy atom. The van der Waals surface area contributed by atoms with Gasteiger partial charge in [-0.05, 0) is 0 Å². The SMILES string of the molecule is CC=CC=[CH][Ru]([CH2]C)([CH2]C)[c]1ccc[nH]1. The Balaban J connectivity index is 2.97. The standard InChI is InChI=1S/C5H7.C4H4N.2C2H5.Ru/c1-3-5-4-2;1-2-4-5-3-1;2*1-2;/h1,3-5H,2H3;1-3,5H;2*1H2,2H3;. The normalized spacial score (nSPS) is 14.1. The number of allylic oxidation sites excluding steroid dienone is 3. The van der Waals surface area contributed by atoms with E-state index in [1.54, 1.807) is 0 Å². The predicted octanol–water partition coefficient (Wildman–Crippen LogP) is 3.76. The van der Waals surface area contributed by atoms with Crippen LogP contribution in [0.2, 0.25) is 10.0 Å². The van der Waals surface area contributed by atoms with E-state index < -0.39 is 14.8 Å². The molecule has 0 spiro atoms. The Kier molecular flexibility index (Phi) is 5.04. The molecule has 0 radical (unpaired) electrons. The summed E-state index contributed by atoms with van der Waals surface area (Å²) in [7, 11) is 0. The van der Waals surface area contributed by atoms with Gasteiger partial charge in [0.2, 0.25) is 0 Å². The summed E-state index contributed by atoms with van der Waals surface area (Å²) in [6.45, 7) is 6.69. The second-order valence-corrected chi connectivity index (χ2v) is 11.2. The number of hydrogen-bond acceptors (Lipinski definition) is 0. The van der Waals surface area contributed by atoms with E-state index in [1.807, 2.05) is 6.20 Å². The van der Waals surface area contributed by atoms with Gasteiger partial charge < -0.3 is 0 Å². The molecule has 15 heavy (non-hydrogen) atoms. The number of aromatic nitrogens is 1. The summed E-state index contributed by atoms with van der Waals surface area (Å²) in [6, 6.07) is 4.36. The zero-order valence-corrected chi connectivity index (χ0v) is 11.5. The van der Waals surface area contributed by atoms with Gasteiger partial charge in [0.25, 0.3) is 0 Å². The zero-order valence-electron chi connectivity index (χ0n) is 9.81. The summed E-state index contributed by atoms with van der Waals surface area (Å²) in [4.78, 5) is 3.41. The van der Waals surface area contributed by atoms with Crippen molar-refractivity contribution in [1.29, 1.82) is 0 Å². The van der Waals surface area contributed by atoms with E-state index in [9.17, 15) is 0 Å². The molecule has 0 bridgehead atoms. The Bertz CT molecular complexity index is 318. The summed E-state index contributed by atoms with van der Waals surface area (Å²) >= 11 is -1.74. The predicted molar refractivity (Wildman–Crippen MR) is 65.3 cm³/mol. The van der Waals surface area contributed by atoms with Gasteiger partial charge in [-0.15, -0.1) is 0 Å². The Hall–Kier alpha value is -0.617. The molecule has 2 heteroatoms. The first-order valence-electron chi connectivity index (χ1n) is 5.37. The van der Waals surface area contributed by atoms with Crippen molar-refractivity contribution >= 4 is 4.29 Å². The molecule has 0 amide bonds. The van der Waals surface area contributed by atoms with Crippen molar-refractivity contribution in [3.63, 3.8) is 0 Å². The van der Waals surface area contributed by atoms with Crippen molar-refractivity contribution in [1.82, 2.24) is 4.98 Å². The number of aromatic amines is 1. The van der Waals surface area contributed by atoms with Crippen molar-refractivity contribution in [2.24, 2.45) is 0 Å². The van der Waals surface area contributed by atoms with E-state index in [-0.39, 0.29) is 0 Å². The van der Waals surface area contributed by atoms with Crippen LogP contribution in [0.25, 0.3) is 0 Å². The molecule has 1 nitrogen and oxygen atoms in total. The zero-order chi connectivity index (χ0) is 11.1. The monoisotopic (exact) mass is 293 g/mol. The second-order valence-electron chi connectivity index (χ2n) is 3.16. The Morgan fingerprint density at radius 3 is 2.47 bits per heavy atom. The molecule has 1 N–H and O–H groups in total. The minimum atomic E-state index is -1.74. The maximum atomic E-state index is 3.41. The van der Waals surface area contributed by atoms with Crippen LogP contribution >= 0.6 is 0 Å². The van der Waals surface area contributed by atoms with E-state index in [4.69, 9.17) is 0 Å². The quantitative estimate of drug-likeness (QED) is 0.628. The van der Waals surface area contributed by atoms with Crippen LogP contribution in [0, 0.1) is 0 Å². The van der Waals surface area contributed by atoms with Gasteiger partial charge >= 0.3 is 96.1 Å². The van der Waals surface area contributed by atoms with Gasteiger partial charge in [-0.2, -0.15) is 0 Å². The molecule has 0 saturated carbocycles. The Morgan fingerprint density at radius 2 is 2.00 bits per heavy atom. The average molecular weight is 292 g/mol. The summed E-state index contributed by atoms with van der Waals surface area (Å²) in [6.07, 6.45) is 8.48. The molecule has 1 rings (SSSR count). The van der Waals surface area contributed by atoms with E-state index in [1.165, 1.54) is 14.3 Å². The van der Waals surface area contributed by atoms with Crippen LogP contribution in [0.3, 0.4) is 0 Å². The molecule has 0 aliphatic carbocycles. The van der Waals surface area contributed by atoms with Crippen LogP contribution in [0.1, 0.15) is 20.8 Å². The van der Waals surface area contributed by atoms with Crippen molar-refractivity contribution in [3.8, 4) is 0 Å². The molecule has 0 atom stereocenters. The fraction of sp³-hybridized carbons (Fsp3) is 0.385. The summed E-state index contributed by atoms with van der Waals surface area (Å²) in [5.74, 6) is 0. The first kappa shape index (κ1) is 12.5. The molecule has 0 aliphatic heterocycles. The number of hydrogen-bond donors (Lipinski definition) is 1. The van der Waals surface area contributed by atoms with Gasteiger partial charge in [0.15, 0.2) is 0 Å². The molecule has 86 valence electrons. The Labute approximate surface area is 96.1 Å². The third-order valence-corrected chi connectivity index (χ3v) is 10.7. The third-order valence-electron chi connectivity index (χ3n) is 2.42. The molecule has 0 saturated heterocycles. The molecule has 1 heterocycles. The molecule has 0 unspecified atom stereocenters. The number of H-pyrrole nitrogens is 1. The topological polar surface area (TPSA) is 15.8 Å². The van der Waals surface area contributed by atoms with E-state index >= 15 is 0 Å².